The van der Waals surface area contributed by atoms with Gasteiger partial charge in [0.15, 0.2) is 0 Å². The second-order valence-electron chi connectivity index (χ2n) is 11.0. The van der Waals surface area contributed by atoms with E-state index in [1.807, 2.05) is 14.1 Å². The van der Waals surface area contributed by atoms with Crippen LogP contribution in [0.15, 0.2) is 34.1 Å². The molecule has 2 aliphatic carbocycles. The maximum absolute atomic E-state index is 13.6. The number of imide groups is 1. The van der Waals surface area contributed by atoms with Crippen LogP contribution in [-0.4, -0.2) is 58.7 Å². The number of aromatic nitrogens is 1. The number of H-pyrrole nitrogens is 1. The second kappa shape index (κ2) is 9.31. The lowest BCUT2D eigenvalue weighted by Crippen LogP contribution is -2.42. The SMILES string of the molecule is CN(C)c1ccc([C@@H]2c3sc(=O)[nH]c3S[C@@H]3[C@H]4C[C@@H]([C@@H]5C(=O)N(CCCCCC(=O)O)C(=O)[C@@H]45)[C@H]23)cc1. The molecule has 0 spiro atoms. The van der Waals surface area contributed by atoms with Crippen molar-refractivity contribution in [1.82, 2.24) is 9.88 Å². The van der Waals surface area contributed by atoms with Gasteiger partial charge in [-0.25, -0.2) is 0 Å². The maximum Gasteiger partial charge on any atom is 0.305 e. The number of unbranched alkanes of at least 4 members (excludes halogenated alkanes) is 2. The molecule has 2 saturated carbocycles. The van der Waals surface area contributed by atoms with Gasteiger partial charge >= 0.3 is 10.8 Å². The van der Waals surface area contributed by atoms with Gasteiger partial charge in [0.25, 0.3) is 0 Å². The Hall–Kier alpha value is -2.59. The molecule has 6 rings (SSSR count). The molecule has 4 aliphatic rings. The standard InChI is InChI=1S/C27H31N3O5S2/c1-29(2)14-9-7-13(8-10-14)18-19-15-12-16(22(19)36-24-23(18)37-27(35)28-24)21-20(15)25(33)30(26(21)34)11-5-3-4-6-17(31)32/h7-10,15-16,18-22H,3-6,11-12H2,1-2H3,(H,28,35)(H,31,32)/t15-,16+,18+,19-,20+,21+,22-/m1/s1. The molecule has 37 heavy (non-hydrogen) atoms. The normalized spacial score (nSPS) is 31.4. The molecule has 2 N–H and O–H groups in total. The first-order valence-electron chi connectivity index (χ1n) is 13.0. The van der Waals surface area contributed by atoms with Crippen LogP contribution in [0.25, 0.3) is 0 Å². The van der Waals surface area contributed by atoms with Crippen LogP contribution in [0, 0.1) is 29.6 Å². The number of aromatic amines is 1. The van der Waals surface area contributed by atoms with Gasteiger partial charge in [-0.15, -0.1) is 11.8 Å². The molecule has 0 radical (unpaired) electrons. The van der Waals surface area contributed by atoms with Gasteiger partial charge in [-0.3, -0.25) is 24.1 Å². The van der Waals surface area contributed by atoms with Gasteiger partial charge in [0.2, 0.25) is 11.8 Å². The van der Waals surface area contributed by atoms with Crippen molar-refractivity contribution < 1.29 is 19.5 Å². The minimum atomic E-state index is -0.819. The number of amides is 2. The van der Waals surface area contributed by atoms with Gasteiger partial charge < -0.3 is 15.0 Å². The highest BCUT2D eigenvalue weighted by Gasteiger charge is 2.69. The number of rotatable bonds is 8. The quantitative estimate of drug-likeness (QED) is 0.388. The molecule has 3 heterocycles. The van der Waals surface area contributed by atoms with E-state index in [4.69, 9.17) is 5.11 Å². The number of carboxylic acids is 1. The zero-order valence-electron chi connectivity index (χ0n) is 20.9. The van der Waals surface area contributed by atoms with Crippen LogP contribution in [-0.2, 0) is 14.4 Å². The molecule has 196 valence electrons. The number of fused-ring (bicyclic) bond motifs is 9. The van der Waals surface area contributed by atoms with Crippen molar-refractivity contribution >= 4 is 46.6 Å². The van der Waals surface area contributed by atoms with Crippen molar-refractivity contribution in [1.29, 1.82) is 0 Å². The summed E-state index contributed by atoms with van der Waals surface area (Å²) in [5.74, 6) is -0.981. The van der Waals surface area contributed by atoms with Crippen LogP contribution in [0.1, 0.15) is 48.5 Å². The minimum absolute atomic E-state index is 0.0327. The Morgan fingerprint density at radius 2 is 1.76 bits per heavy atom. The summed E-state index contributed by atoms with van der Waals surface area (Å²) in [6, 6.07) is 8.51. The van der Waals surface area contributed by atoms with Crippen molar-refractivity contribution in [2.45, 2.75) is 48.3 Å². The van der Waals surface area contributed by atoms with Crippen molar-refractivity contribution in [2.75, 3.05) is 25.5 Å². The van der Waals surface area contributed by atoms with Gasteiger partial charge in [0.1, 0.15) is 0 Å². The van der Waals surface area contributed by atoms with E-state index in [-0.39, 0.29) is 63.9 Å². The number of carbonyl (C=O) groups excluding carboxylic acids is 2. The first kappa shape index (κ1) is 24.7. The van der Waals surface area contributed by atoms with Crippen LogP contribution in [0.4, 0.5) is 5.69 Å². The van der Waals surface area contributed by atoms with Gasteiger partial charge in [-0.05, 0) is 54.7 Å². The van der Waals surface area contributed by atoms with Crippen molar-refractivity contribution in [2.24, 2.45) is 29.6 Å². The van der Waals surface area contributed by atoms with Gasteiger partial charge in [-0.1, -0.05) is 29.9 Å². The fourth-order valence-electron chi connectivity index (χ4n) is 7.37. The Kier molecular flexibility index (Phi) is 6.22. The highest BCUT2D eigenvalue weighted by Crippen LogP contribution is 2.68. The zero-order chi connectivity index (χ0) is 26.0. The van der Waals surface area contributed by atoms with Crippen LogP contribution in [0.5, 0.6) is 0 Å². The molecule has 3 fully saturated rings. The molecule has 1 aromatic heterocycles. The average Bonchev–Trinajstić information content (AvgIpc) is 3.58. The van der Waals surface area contributed by atoms with Crippen LogP contribution in [0.3, 0.4) is 0 Å². The molecular weight excluding hydrogens is 510 g/mol. The Morgan fingerprint density at radius 1 is 1.05 bits per heavy atom. The van der Waals surface area contributed by atoms with Gasteiger partial charge in [-0.2, -0.15) is 0 Å². The third-order valence-electron chi connectivity index (χ3n) is 8.86. The molecule has 7 atom stereocenters. The van der Waals surface area contributed by atoms with E-state index in [9.17, 15) is 19.2 Å². The first-order chi connectivity index (χ1) is 17.8. The van der Waals surface area contributed by atoms with E-state index in [1.165, 1.54) is 16.2 Å². The summed E-state index contributed by atoms with van der Waals surface area (Å²) in [7, 11) is 4.02. The third kappa shape index (κ3) is 3.94. The number of benzene rings is 1. The fraction of sp³-hybridized carbons (Fsp3) is 0.556. The number of nitrogens with one attached hydrogen (secondary N) is 1. The lowest BCUT2D eigenvalue weighted by atomic mass is 9.68. The Labute approximate surface area is 223 Å². The summed E-state index contributed by atoms with van der Waals surface area (Å²) >= 11 is 2.99. The monoisotopic (exact) mass is 541 g/mol. The molecule has 2 bridgehead atoms. The fourth-order valence-corrected chi connectivity index (χ4v) is 10.3. The number of hydrogen-bond donors (Lipinski definition) is 2. The van der Waals surface area contributed by atoms with E-state index in [0.717, 1.165) is 27.6 Å². The minimum Gasteiger partial charge on any atom is -0.481 e. The van der Waals surface area contributed by atoms with Crippen molar-refractivity contribution in [3.05, 3.63) is 44.4 Å². The van der Waals surface area contributed by atoms with Gasteiger partial charge in [0, 0.05) is 48.8 Å². The van der Waals surface area contributed by atoms with Crippen LogP contribution >= 0.6 is 23.1 Å². The third-order valence-corrected chi connectivity index (χ3v) is 11.4. The largest absolute Gasteiger partial charge is 0.481 e. The highest BCUT2D eigenvalue weighted by molar-refractivity contribution is 8.00. The smallest absolute Gasteiger partial charge is 0.305 e. The van der Waals surface area contributed by atoms with E-state index < -0.39 is 5.97 Å². The molecule has 1 aromatic carbocycles. The number of hydrogen-bond acceptors (Lipinski definition) is 7. The Bertz CT molecular complexity index is 1300. The van der Waals surface area contributed by atoms with E-state index in [0.29, 0.717) is 25.8 Å². The van der Waals surface area contributed by atoms with Crippen LogP contribution in [0.2, 0.25) is 0 Å². The highest BCUT2D eigenvalue weighted by atomic mass is 32.2. The summed E-state index contributed by atoms with van der Waals surface area (Å²) in [6.07, 6.45) is 2.87. The molecule has 1 saturated heterocycles. The molecule has 2 amide bonds. The maximum atomic E-state index is 13.6. The predicted molar refractivity (Wildman–Crippen MR) is 142 cm³/mol. The van der Waals surface area contributed by atoms with E-state index in [2.05, 4.69) is 34.1 Å². The van der Waals surface area contributed by atoms with Crippen LogP contribution < -0.4 is 9.77 Å². The summed E-state index contributed by atoms with van der Waals surface area (Å²) in [5, 5.41) is 9.96. The molecule has 2 aromatic rings. The lowest BCUT2D eigenvalue weighted by Gasteiger charge is -2.43. The lowest BCUT2D eigenvalue weighted by molar-refractivity contribution is -0.141. The topological polar surface area (TPSA) is 111 Å². The molecule has 8 nitrogen and oxygen atoms in total. The number of thioether (sulfide) groups is 1. The molecule has 2 aliphatic heterocycles. The van der Waals surface area contributed by atoms with Gasteiger partial charge in [0.05, 0.1) is 16.9 Å². The number of carboxylic acid groups (broad SMARTS) is 1. The number of thiazole rings is 1. The summed E-state index contributed by atoms with van der Waals surface area (Å²) in [4.78, 5) is 57.8. The number of anilines is 1. The Balaban J connectivity index is 1.28. The summed E-state index contributed by atoms with van der Waals surface area (Å²) < 4.78 is 0. The number of aliphatic carboxylic acids is 1. The second-order valence-corrected chi connectivity index (χ2v) is 13.2. The number of likely N-dealkylation sites (tertiary alicyclic amines) is 1. The average molecular weight is 542 g/mol. The van der Waals surface area contributed by atoms with E-state index in [1.54, 1.807) is 11.8 Å². The number of nitrogens with zero attached hydrogens (tertiary/aromatic N) is 2. The number of carbonyl (C=O) groups is 3. The van der Waals surface area contributed by atoms with Crippen molar-refractivity contribution in [3.8, 4) is 0 Å². The predicted octanol–water partition coefficient (Wildman–Crippen LogP) is 3.62. The molecular formula is C27H31N3O5S2. The Morgan fingerprint density at radius 3 is 2.43 bits per heavy atom. The molecule has 10 heteroatoms. The summed E-state index contributed by atoms with van der Waals surface area (Å²) in [6.45, 7) is 0.377. The first-order valence-corrected chi connectivity index (χ1v) is 14.7. The zero-order valence-corrected chi connectivity index (χ0v) is 22.5. The summed E-state index contributed by atoms with van der Waals surface area (Å²) in [5.41, 5.74) is 2.27. The van der Waals surface area contributed by atoms with Crippen molar-refractivity contribution in [3.63, 3.8) is 0 Å². The van der Waals surface area contributed by atoms with E-state index >= 15 is 0 Å². The molecule has 0 unspecified atom stereocenters.